The van der Waals surface area contributed by atoms with Crippen LogP contribution in [0.1, 0.15) is 24.8 Å². The molecule has 1 unspecified atom stereocenters. The number of benzene rings is 1. The highest BCUT2D eigenvalue weighted by atomic mass is 16.4. The number of carboxylic acids is 1. The number of hydrogen-bond donors (Lipinski definition) is 1. The molecule has 0 aliphatic carbocycles. The van der Waals surface area contributed by atoms with Crippen LogP contribution >= 0.6 is 0 Å². The molecule has 1 aromatic carbocycles. The van der Waals surface area contributed by atoms with E-state index in [1.54, 1.807) is 0 Å². The molecule has 2 aliphatic rings. The second kappa shape index (κ2) is 6.58. The molecule has 2 fully saturated rings. The Morgan fingerprint density at radius 1 is 1.10 bits per heavy atom. The SMILES string of the molecule is O=C(O)C1CCN(C2CCN(Cc3ccccc3)C2)CC1. The molecule has 1 aromatic rings. The van der Waals surface area contributed by atoms with Gasteiger partial charge in [-0.1, -0.05) is 30.3 Å². The van der Waals surface area contributed by atoms with Crippen LogP contribution in [0.3, 0.4) is 0 Å². The number of hydrogen-bond acceptors (Lipinski definition) is 3. The first-order valence-electron chi connectivity index (χ1n) is 7.95. The summed E-state index contributed by atoms with van der Waals surface area (Å²) in [6.07, 6.45) is 2.83. The molecule has 0 bridgehead atoms. The van der Waals surface area contributed by atoms with Gasteiger partial charge in [0.15, 0.2) is 0 Å². The lowest BCUT2D eigenvalue weighted by Crippen LogP contribution is -2.44. The smallest absolute Gasteiger partial charge is 0.306 e. The van der Waals surface area contributed by atoms with Gasteiger partial charge in [-0.3, -0.25) is 14.6 Å². The molecular weight excluding hydrogens is 264 g/mol. The molecule has 21 heavy (non-hydrogen) atoms. The van der Waals surface area contributed by atoms with Crippen LogP contribution in [0.4, 0.5) is 0 Å². The molecule has 4 nitrogen and oxygen atoms in total. The fourth-order valence-corrected chi connectivity index (χ4v) is 3.61. The Labute approximate surface area is 126 Å². The van der Waals surface area contributed by atoms with Gasteiger partial charge in [0.25, 0.3) is 0 Å². The predicted octanol–water partition coefficient (Wildman–Crippen LogP) is 2.06. The molecule has 2 heterocycles. The van der Waals surface area contributed by atoms with E-state index in [9.17, 15) is 4.79 Å². The summed E-state index contributed by atoms with van der Waals surface area (Å²) in [4.78, 5) is 16.0. The number of piperidine rings is 1. The molecule has 0 aromatic heterocycles. The normalized spacial score (nSPS) is 25.2. The second-order valence-corrected chi connectivity index (χ2v) is 6.31. The summed E-state index contributed by atoms with van der Waals surface area (Å²) in [5, 5.41) is 9.07. The molecule has 0 spiro atoms. The van der Waals surface area contributed by atoms with E-state index >= 15 is 0 Å². The maximum atomic E-state index is 11.0. The zero-order valence-corrected chi connectivity index (χ0v) is 12.4. The lowest BCUT2D eigenvalue weighted by Gasteiger charge is -2.34. The van der Waals surface area contributed by atoms with Gasteiger partial charge in [0, 0.05) is 25.7 Å². The molecule has 0 amide bonds. The zero-order chi connectivity index (χ0) is 14.7. The largest absolute Gasteiger partial charge is 0.481 e. The van der Waals surface area contributed by atoms with Crippen LogP contribution in [0.25, 0.3) is 0 Å². The summed E-state index contributed by atoms with van der Waals surface area (Å²) in [7, 11) is 0. The maximum Gasteiger partial charge on any atom is 0.306 e. The molecule has 2 aliphatic heterocycles. The minimum atomic E-state index is -0.619. The van der Waals surface area contributed by atoms with E-state index in [2.05, 4.69) is 40.1 Å². The summed E-state index contributed by atoms with van der Waals surface area (Å²) >= 11 is 0. The van der Waals surface area contributed by atoms with E-state index in [4.69, 9.17) is 5.11 Å². The number of carboxylic acid groups (broad SMARTS) is 1. The van der Waals surface area contributed by atoms with Gasteiger partial charge in [0.1, 0.15) is 0 Å². The van der Waals surface area contributed by atoms with Crippen molar-refractivity contribution >= 4 is 5.97 Å². The Hall–Kier alpha value is -1.39. The fraction of sp³-hybridized carbons (Fsp3) is 0.588. The quantitative estimate of drug-likeness (QED) is 0.921. The van der Waals surface area contributed by atoms with Crippen molar-refractivity contribution in [2.24, 2.45) is 5.92 Å². The zero-order valence-electron chi connectivity index (χ0n) is 12.4. The Balaban J connectivity index is 1.48. The monoisotopic (exact) mass is 288 g/mol. The number of rotatable bonds is 4. The van der Waals surface area contributed by atoms with Crippen LogP contribution in [0.5, 0.6) is 0 Å². The van der Waals surface area contributed by atoms with E-state index in [1.807, 2.05) is 0 Å². The van der Waals surface area contributed by atoms with Crippen LogP contribution in [-0.2, 0) is 11.3 Å². The molecular formula is C17H24N2O2. The molecule has 1 N–H and O–H groups in total. The minimum absolute atomic E-state index is 0.122. The number of nitrogens with zero attached hydrogens (tertiary/aromatic N) is 2. The lowest BCUT2D eigenvalue weighted by molar-refractivity contribution is -0.143. The van der Waals surface area contributed by atoms with E-state index in [0.29, 0.717) is 6.04 Å². The topological polar surface area (TPSA) is 43.8 Å². The Bertz CT molecular complexity index is 469. The van der Waals surface area contributed by atoms with Crippen molar-refractivity contribution in [2.45, 2.75) is 31.8 Å². The van der Waals surface area contributed by atoms with Crippen molar-refractivity contribution in [1.82, 2.24) is 9.80 Å². The average Bonchev–Trinajstić information content (AvgIpc) is 2.97. The summed E-state index contributed by atoms with van der Waals surface area (Å²) < 4.78 is 0. The van der Waals surface area contributed by atoms with Gasteiger partial charge in [-0.2, -0.15) is 0 Å². The minimum Gasteiger partial charge on any atom is -0.481 e. The van der Waals surface area contributed by atoms with Crippen molar-refractivity contribution in [3.05, 3.63) is 35.9 Å². The van der Waals surface area contributed by atoms with Crippen LogP contribution in [0, 0.1) is 5.92 Å². The summed E-state index contributed by atoms with van der Waals surface area (Å²) in [5.74, 6) is -0.741. The lowest BCUT2D eigenvalue weighted by atomic mass is 9.96. The standard InChI is InChI=1S/C17H24N2O2/c20-17(21)15-6-10-19(11-7-15)16-8-9-18(13-16)12-14-4-2-1-3-5-14/h1-5,15-16H,6-13H2,(H,20,21). The molecule has 2 saturated heterocycles. The van der Waals surface area contributed by atoms with Crippen LogP contribution in [0.15, 0.2) is 30.3 Å². The van der Waals surface area contributed by atoms with Crippen LogP contribution in [-0.4, -0.2) is 53.1 Å². The van der Waals surface area contributed by atoms with Gasteiger partial charge in [0.05, 0.1) is 5.92 Å². The number of aliphatic carboxylic acids is 1. The van der Waals surface area contributed by atoms with Crippen LogP contribution < -0.4 is 0 Å². The van der Waals surface area contributed by atoms with Crippen molar-refractivity contribution in [3.8, 4) is 0 Å². The third-order valence-electron chi connectivity index (χ3n) is 4.89. The fourth-order valence-electron chi connectivity index (χ4n) is 3.61. The van der Waals surface area contributed by atoms with Gasteiger partial charge in [-0.15, -0.1) is 0 Å². The highest BCUT2D eigenvalue weighted by Crippen LogP contribution is 2.24. The molecule has 3 rings (SSSR count). The van der Waals surface area contributed by atoms with Crippen molar-refractivity contribution < 1.29 is 9.90 Å². The Kier molecular flexibility index (Phi) is 4.56. The van der Waals surface area contributed by atoms with Crippen molar-refractivity contribution in [3.63, 3.8) is 0 Å². The maximum absolute atomic E-state index is 11.0. The van der Waals surface area contributed by atoms with Gasteiger partial charge in [-0.25, -0.2) is 0 Å². The first-order valence-corrected chi connectivity index (χ1v) is 7.95. The van der Waals surface area contributed by atoms with E-state index < -0.39 is 5.97 Å². The van der Waals surface area contributed by atoms with E-state index in [1.165, 1.54) is 12.0 Å². The molecule has 0 saturated carbocycles. The van der Waals surface area contributed by atoms with Gasteiger partial charge in [-0.05, 0) is 37.9 Å². The Morgan fingerprint density at radius 2 is 1.81 bits per heavy atom. The molecule has 1 atom stereocenters. The van der Waals surface area contributed by atoms with Crippen molar-refractivity contribution in [1.29, 1.82) is 0 Å². The summed E-state index contributed by atoms with van der Waals surface area (Å²) in [6, 6.07) is 11.2. The third kappa shape index (κ3) is 3.63. The predicted molar refractivity (Wildman–Crippen MR) is 82.1 cm³/mol. The van der Waals surface area contributed by atoms with Crippen LogP contribution in [0.2, 0.25) is 0 Å². The van der Waals surface area contributed by atoms with Crippen molar-refractivity contribution in [2.75, 3.05) is 26.2 Å². The summed E-state index contributed by atoms with van der Waals surface area (Å²) in [5.41, 5.74) is 1.38. The highest BCUT2D eigenvalue weighted by Gasteiger charge is 2.32. The van der Waals surface area contributed by atoms with Gasteiger partial charge < -0.3 is 5.11 Å². The average molecular weight is 288 g/mol. The molecule has 4 heteroatoms. The molecule has 0 radical (unpaired) electrons. The van der Waals surface area contributed by atoms with E-state index in [0.717, 1.165) is 45.6 Å². The number of carbonyl (C=O) groups is 1. The third-order valence-corrected chi connectivity index (χ3v) is 4.89. The number of likely N-dealkylation sites (tertiary alicyclic amines) is 2. The van der Waals surface area contributed by atoms with Gasteiger partial charge in [0.2, 0.25) is 0 Å². The second-order valence-electron chi connectivity index (χ2n) is 6.31. The Morgan fingerprint density at radius 3 is 2.48 bits per heavy atom. The highest BCUT2D eigenvalue weighted by molar-refractivity contribution is 5.70. The first kappa shape index (κ1) is 14.5. The van der Waals surface area contributed by atoms with E-state index in [-0.39, 0.29) is 5.92 Å². The first-order chi connectivity index (χ1) is 10.2. The van der Waals surface area contributed by atoms with Gasteiger partial charge >= 0.3 is 5.97 Å². The summed E-state index contributed by atoms with van der Waals surface area (Å²) in [6.45, 7) is 5.19. The molecule has 114 valence electrons.